The summed E-state index contributed by atoms with van der Waals surface area (Å²) >= 11 is 0. The van der Waals surface area contributed by atoms with Gasteiger partial charge in [0.05, 0.1) is 5.60 Å². The van der Waals surface area contributed by atoms with Crippen molar-refractivity contribution >= 4 is 17.9 Å². The van der Waals surface area contributed by atoms with Crippen molar-refractivity contribution in [3.63, 3.8) is 0 Å². The van der Waals surface area contributed by atoms with Gasteiger partial charge >= 0.3 is 5.97 Å². The Labute approximate surface area is 118 Å². The van der Waals surface area contributed by atoms with Crippen LogP contribution < -0.4 is 4.90 Å². The van der Waals surface area contributed by atoms with E-state index in [0.29, 0.717) is 0 Å². The number of aromatic nitrogens is 1. The van der Waals surface area contributed by atoms with Gasteiger partial charge in [0.15, 0.2) is 0 Å². The van der Waals surface area contributed by atoms with Gasteiger partial charge in [0.25, 0.3) is 0 Å². The molecule has 0 bridgehead atoms. The quantitative estimate of drug-likeness (QED) is 0.854. The Morgan fingerprint density at radius 2 is 2.40 bits per heavy atom. The Balaban J connectivity index is 2.26. The zero-order valence-electron chi connectivity index (χ0n) is 11.9. The molecular weight excluding hydrogens is 256 g/mol. The highest BCUT2D eigenvalue weighted by atomic mass is 16.5. The number of nitrogens with zero attached hydrogens (tertiary/aromatic N) is 2. The Hall–Kier alpha value is -1.88. The van der Waals surface area contributed by atoms with Crippen molar-refractivity contribution in [3.05, 3.63) is 30.0 Å². The second-order valence-electron chi connectivity index (χ2n) is 5.27. The molecule has 0 amide bonds. The molecule has 2 rings (SSSR count). The van der Waals surface area contributed by atoms with Crippen LogP contribution in [0.2, 0.25) is 0 Å². The molecule has 1 N–H and O–H groups in total. The average Bonchev–Trinajstić information content (AvgIpc) is 2.45. The van der Waals surface area contributed by atoms with Gasteiger partial charge in [0, 0.05) is 38.0 Å². The zero-order chi connectivity index (χ0) is 14.6. The fraction of sp³-hybridized carbons (Fsp3) is 0.467. The molecule has 108 valence electrons. The third-order valence-corrected chi connectivity index (χ3v) is 3.67. The summed E-state index contributed by atoms with van der Waals surface area (Å²) in [5, 5.41) is 8.76. The van der Waals surface area contributed by atoms with Crippen LogP contribution in [-0.4, -0.2) is 41.9 Å². The molecule has 1 aliphatic rings. The monoisotopic (exact) mass is 276 g/mol. The molecular formula is C15H20N2O3. The molecule has 5 nitrogen and oxygen atoms in total. The van der Waals surface area contributed by atoms with E-state index in [1.165, 1.54) is 0 Å². The Bertz CT molecular complexity index is 516. The summed E-state index contributed by atoms with van der Waals surface area (Å²) in [6.45, 7) is 3.76. The average molecular weight is 276 g/mol. The number of piperidine rings is 1. The van der Waals surface area contributed by atoms with Gasteiger partial charge in [-0.05, 0) is 38.0 Å². The van der Waals surface area contributed by atoms with Crippen molar-refractivity contribution in [1.82, 2.24) is 4.98 Å². The summed E-state index contributed by atoms with van der Waals surface area (Å²) in [6.07, 6.45) is 6.51. The van der Waals surface area contributed by atoms with Crippen molar-refractivity contribution in [3.8, 4) is 0 Å². The van der Waals surface area contributed by atoms with Gasteiger partial charge in [-0.25, -0.2) is 9.78 Å². The predicted octanol–water partition coefficient (Wildman–Crippen LogP) is 2.18. The smallest absolute Gasteiger partial charge is 0.328 e. The second-order valence-corrected chi connectivity index (χ2v) is 5.27. The van der Waals surface area contributed by atoms with Gasteiger partial charge in [0.2, 0.25) is 0 Å². The Morgan fingerprint density at radius 3 is 3.10 bits per heavy atom. The van der Waals surface area contributed by atoms with Crippen molar-refractivity contribution in [2.75, 3.05) is 25.1 Å². The van der Waals surface area contributed by atoms with Gasteiger partial charge in [0.1, 0.15) is 5.82 Å². The van der Waals surface area contributed by atoms with Crippen LogP contribution in [0, 0.1) is 0 Å². The molecule has 1 fully saturated rings. The van der Waals surface area contributed by atoms with E-state index in [2.05, 4.69) is 16.8 Å². The van der Waals surface area contributed by atoms with Crippen molar-refractivity contribution < 1.29 is 14.6 Å². The lowest BCUT2D eigenvalue weighted by atomic mass is 9.94. The lowest BCUT2D eigenvalue weighted by molar-refractivity contribution is -0.131. The molecule has 0 radical (unpaired) electrons. The maximum absolute atomic E-state index is 10.7. The minimum atomic E-state index is -0.958. The minimum absolute atomic E-state index is 0.177. The van der Waals surface area contributed by atoms with Gasteiger partial charge in [-0.2, -0.15) is 0 Å². The third-order valence-electron chi connectivity index (χ3n) is 3.67. The van der Waals surface area contributed by atoms with Crippen LogP contribution in [0.25, 0.3) is 6.08 Å². The summed E-state index contributed by atoms with van der Waals surface area (Å²) in [7, 11) is 1.73. The van der Waals surface area contributed by atoms with E-state index in [-0.39, 0.29) is 5.60 Å². The van der Waals surface area contributed by atoms with E-state index >= 15 is 0 Å². The van der Waals surface area contributed by atoms with Crippen LogP contribution in [0.5, 0.6) is 0 Å². The van der Waals surface area contributed by atoms with E-state index in [1.807, 2.05) is 12.1 Å². The van der Waals surface area contributed by atoms with E-state index in [1.54, 1.807) is 19.4 Å². The minimum Gasteiger partial charge on any atom is -0.478 e. The molecule has 1 saturated heterocycles. The number of aliphatic carboxylic acids is 1. The maximum Gasteiger partial charge on any atom is 0.328 e. The first-order chi connectivity index (χ1) is 9.54. The number of rotatable bonds is 4. The fourth-order valence-electron chi connectivity index (χ4n) is 2.52. The summed E-state index contributed by atoms with van der Waals surface area (Å²) < 4.78 is 5.59. The molecule has 1 unspecified atom stereocenters. The Morgan fingerprint density at radius 1 is 1.60 bits per heavy atom. The number of carboxylic acid groups (broad SMARTS) is 1. The summed E-state index contributed by atoms with van der Waals surface area (Å²) in [4.78, 5) is 17.2. The molecule has 2 heterocycles. The standard InChI is InChI=1S/C15H20N2O3/c1-15(20-2)8-4-10-17(11-15)14-12(5-3-9-16-14)6-7-13(18)19/h3,5-7,9H,4,8,10-11H2,1-2H3,(H,18,19)/b7-6+. The van der Waals surface area contributed by atoms with Crippen LogP contribution in [0.15, 0.2) is 24.4 Å². The molecule has 1 atom stereocenters. The summed E-state index contributed by atoms with van der Waals surface area (Å²) in [5.74, 6) is -0.145. The number of pyridine rings is 1. The van der Waals surface area contributed by atoms with Crippen LogP contribution >= 0.6 is 0 Å². The number of ether oxygens (including phenoxy) is 1. The van der Waals surface area contributed by atoms with E-state index in [0.717, 1.165) is 43.4 Å². The highest BCUT2D eigenvalue weighted by Gasteiger charge is 2.31. The fourth-order valence-corrected chi connectivity index (χ4v) is 2.52. The van der Waals surface area contributed by atoms with E-state index < -0.39 is 5.97 Å². The molecule has 0 aliphatic carbocycles. The number of hydrogen-bond donors (Lipinski definition) is 1. The molecule has 5 heteroatoms. The van der Waals surface area contributed by atoms with Gasteiger partial charge in [-0.15, -0.1) is 0 Å². The molecule has 1 aromatic rings. The number of carboxylic acids is 1. The Kier molecular flexibility index (Phi) is 4.39. The first-order valence-corrected chi connectivity index (χ1v) is 6.70. The number of methoxy groups -OCH3 is 1. The molecule has 1 aromatic heterocycles. The predicted molar refractivity (Wildman–Crippen MR) is 77.8 cm³/mol. The summed E-state index contributed by atoms with van der Waals surface area (Å²) in [5.41, 5.74) is 0.638. The number of hydrogen-bond acceptors (Lipinski definition) is 4. The zero-order valence-corrected chi connectivity index (χ0v) is 11.9. The van der Waals surface area contributed by atoms with E-state index in [9.17, 15) is 4.79 Å². The molecule has 0 aromatic carbocycles. The summed E-state index contributed by atoms with van der Waals surface area (Å²) in [6, 6.07) is 3.69. The highest BCUT2D eigenvalue weighted by molar-refractivity contribution is 5.86. The number of carbonyl (C=O) groups is 1. The first-order valence-electron chi connectivity index (χ1n) is 6.70. The van der Waals surface area contributed by atoms with Gasteiger partial charge < -0.3 is 14.7 Å². The van der Waals surface area contributed by atoms with Crippen LogP contribution in [-0.2, 0) is 9.53 Å². The topological polar surface area (TPSA) is 62.7 Å². The van der Waals surface area contributed by atoms with Crippen molar-refractivity contribution in [1.29, 1.82) is 0 Å². The van der Waals surface area contributed by atoms with Crippen LogP contribution in [0.3, 0.4) is 0 Å². The van der Waals surface area contributed by atoms with E-state index in [4.69, 9.17) is 9.84 Å². The largest absolute Gasteiger partial charge is 0.478 e. The SMILES string of the molecule is COC1(C)CCCN(c2ncccc2/C=C/C(=O)O)C1. The lowest BCUT2D eigenvalue weighted by Crippen LogP contribution is -2.48. The highest BCUT2D eigenvalue weighted by Crippen LogP contribution is 2.29. The molecule has 0 spiro atoms. The first kappa shape index (κ1) is 14.5. The lowest BCUT2D eigenvalue weighted by Gasteiger charge is -2.40. The normalized spacial score (nSPS) is 23.2. The molecule has 0 saturated carbocycles. The van der Waals surface area contributed by atoms with Crippen molar-refractivity contribution in [2.24, 2.45) is 0 Å². The van der Waals surface area contributed by atoms with Crippen LogP contribution in [0.1, 0.15) is 25.3 Å². The third kappa shape index (κ3) is 3.36. The van der Waals surface area contributed by atoms with Gasteiger partial charge in [-0.1, -0.05) is 0 Å². The maximum atomic E-state index is 10.7. The number of anilines is 1. The van der Waals surface area contributed by atoms with Crippen molar-refractivity contribution in [2.45, 2.75) is 25.4 Å². The molecule has 1 aliphatic heterocycles. The van der Waals surface area contributed by atoms with Crippen LogP contribution in [0.4, 0.5) is 5.82 Å². The van der Waals surface area contributed by atoms with Gasteiger partial charge in [-0.3, -0.25) is 0 Å². The molecule has 20 heavy (non-hydrogen) atoms. The second kappa shape index (κ2) is 6.05.